The topological polar surface area (TPSA) is 85.1 Å². The number of aromatic nitrogens is 1. The maximum absolute atomic E-state index is 13.6. The van der Waals surface area contributed by atoms with E-state index in [2.05, 4.69) is 9.71 Å². The number of thiazole rings is 1. The van der Waals surface area contributed by atoms with Gasteiger partial charge in [0.05, 0.1) is 11.4 Å². The largest absolute Gasteiger partial charge is 0.399 e. The number of hydrogen-bond donors (Lipinski definition) is 2. The second kappa shape index (κ2) is 5.47. The number of nitrogens with one attached hydrogen (secondary N) is 1. The second-order valence-corrected chi connectivity index (χ2v) is 7.37. The van der Waals surface area contributed by atoms with E-state index in [0.29, 0.717) is 5.01 Å². The summed E-state index contributed by atoms with van der Waals surface area (Å²) in [6.07, 6.45) is 1.67. The summed E-state index contributed by atoms with van der Waals surface area (Å²) < 4.78 is 40.3. The van der Waals surface area contributed by atoms with E-state index in [1.54, 1.807) is 6.20 Å². The van der Waals surface area contributed by atoms with Gasteiger partial charge in [0.2, 0.25) is 10.0 Å². The van der Waals surface area contributed by atoms with Gasteiger partial charge in [0.1, 0.15) is 10.8 Å². The van der Waals surface area contributed by atoms with E-state index < -0.39 is 15.8 Å². The molecular formula is C12H14FN3O2S2. The van der Waals surface area contributed by atoms with Crippen LogP contribution in [0.25, 0.3) is 0 Å². The van der Waals surface area contributed by atoms with Crippen molar-refractivity contribution in [3.8, 4) is 0 Å². The minimum atomic E-state index is -3.83. The summed E-state index contributed by atoms with van der Waals surface area (Å²) in [7, 11) is -3.83. The van der Waals surface area contributed by atoms with Crippen molar-refractivity contribution < 1.29 is 12.8 Å². The molecule has 0 atom stereocenters. The molecule has 0 saturated carbocycles. The Balaban J connectivity index is 2.27. The van der Waals surface area contributed by atoms with E-state index in [0.717, 1.165) is 10.9 Å². The first-order valence-electron chi connectivity index (χ1n) is 5.76. The normalized spacial score (nSPS) is 11.8. The van der Waals surface area contributed by atoms with Crippen molar-refractivity contribution in [1.82, 2.24) is 9.71 Å². The first-order valence-corrected chi connectivity index (χ1v) is 8.06. The predicted octanol–water partition coefficient (Wildman–Crippen LogP) is 1.96. The smallest absolute Gasteiger partial charge is 0.241 e. The van der Waals surface area contributed by atoms with Crippen LogP contribution < -0.4 is 10.5 Å². The predicted molar refractivity (Wildman–Crippen MR) is 76.4 cm³/mol. The summed E-state index contributed by atoms with van der Waals surface area (Å²) in [5.41, 5.74) is 5.60. The van der Waals surface area contributed by atoms with Gasteiger partial charge in [0, 0.05) is 22.3 Å². The lowest BCUT2D eigenvalue weighted by Crippen LogP contribution is -2.24. The monoisotopic (exact) mass is 315 g/mol. The van der Waals surface area contributed by atoms with Crippen molar-refractivity contribution in [1.29, 1.82) is 0 Å². The van der Waals surface area contributed by atoms with Gasteiger partial charge in [-0.25, -0.2) is 22.5 Å². The molecule has 3 N–H and O–H groups in total. The molecule has 2 rings (SSSR count). The Hall–Kier alpha value is -1.51. The number of hydrogen-bond acceptors (Lipinski definition) is 5. The molecule has 8 heteroatoms. The van der Waals surface area contributed by atoms with Crippen molar-refractivity contribution >= 4 is 27.0 Å². The lowest BCUT2D eigenvalue weighted by Gasteiger charge is -2.10. The van der Waals surface area contributed by atoms with Crippen LogP contribution in [-0.4, -0.2) is 13.4 Å². The van der Waals surface area contributed by atoms with E-state index in [1.807, 2.05) is 6.92 Å². The van der Waals surface area contributed by atoms with Gasteiger partial charge in [0.15, 0.2) is 0 Å². The molecule has 5 nitrogen and oxygen atoms in total. The number of benzene rings is 1. The van der Waals surface area contributed by atoms with E-state index in [4.69, 9.17) is 5.73 Å². The highest BCUT2D eigenvalue weighted by Crippen LogP contribution is 2.22. The molecule has 0 unspecified atom stereocenters. The van der Waals surface area contributed by atoms with Crippen LogP contribution in [-0.2, 0) is 16.6 Å². The van der Waals surface area contributed by atoms with Gasteiger partial charge in [-0.15, -0.1) is 11.3 Å². The summed E-state index contributed by atoms with van der Waals surface area (Å²) in [4.78, 5) is 4.90. The molecule has 0 radical (unpaired) electrons. The van der Waals surface area contributed by atoms with Gasteiger partial charge >= 0.3 is 0 Å². The molecular weight excluding hydrogens is 301 g/mol. The van der Waals surface area contributed by atoms with E-state index in [9.17, 15) is 12.8 Å². The third kappa shape index (κ3) is 3.14. The van der Waals surface area contributed by atoms with Crippen molar-refractivity contribution in [2.75, 3.05) is 5.73 Å². The van der Waals surface area contributed by atoms with E-state index >= 15 is 0 Å². The zero-order chi connectivity index (χ0) is 14.9. The Kier molecular flexibility index (Phi) is 4.07. The number of nitrogens with zero attached hydrogens (tertiary/aromatic N) is 1. The van der Waals surface area contributed by atoms with Crippen molar-refractivity contribution in [2.24, 2.45) is 0 Å². The van der Waals surface area contributed by atoms with E-state index in [-0.39, 0.29) is 22.7 Å². The number of aryl methyl sites for hydroxylation is 1. The molecule has 1 aromatic carbocycles. The Labute approximate surface area is 120 Å². The first-order chi connectivity index (χ1) is 9.29. The average molecular weight is 315 g/mol. The molecule has 1 heterocycles. The van der Waals surface area contributed by atoms with Crippen LogP contribution in [0.2, 0.25) is 0 Å². The fourth-order valence-corrected chi connectivity index (χ4v) is 3.76. The van der Waals surface area contributed by atoms with Crippen LogP contribution in [0.15, 0.2) is 23.2 Å². The quantitative estimate of drug-likeness (QED) is 0.845. The highest BCUT2D eigenvalue weighted by atomic mass is 32.2. The third-order valence-corrected chi connectivity index (χ3v) is 5.13. The van der Waals surface area contributed by atoms with Crippen LogP contribution in [0.3, 0.4) is 0 Å². The zero-order valence-electron chi connectivity index (χ0n) is 11.0. The minimum absolute atomic E-state index is 0.0435. The van der Waals surface area contributed by atoms with Crippen LogP contribution >= 0.6 is 11.3 Å². The molecule has 20 heavy (non-hydrogen) atoms. The molecule has 0 amide bonds. The van der Waals surface area contributed by atoms with E-state index in [1.165, 1.54) is 24.3 Å². The number of nitrogen functional groups attached to an aromatic ring is 1. The Bertz CT molecular complexity index is 741. The number of nitrogens with two attached hydrogens (primary N) is 1. The molecule has 2 aromatic rings. The van der Waals surface area contributed by atoms with Gasteiger partial charge < -0.3 is 5.73 Å². The Morgan fingerprint density at radius 2 is 2.10 bits per heavy atom. The van der Waals surface area contributed by atoms with Crippen LogP contribution in [0.4, 0.5) is 10.1 Å². The average Bonchev–Trinajstić information content (AvgIpc) is 2.77. The van der Waals surface area contributed by atoms with Crippen LogP contribution in [0.5, 0.6) is 0 Å². The van der Waals surface area contributed by atoms with Gasteiger partial charge in [-0.1, -0.05) is 0 Å². The molecule has 0 aliphatic heterocycles. The van der Waals surface area contributed by atoms with Crippen LogP contribution in [0.1, 0.15) is 15.4 Å². The molecule has 0 saturated heterocycles. The highest BCUT2D eigenvalue weighted by Gasteiger charge is 2.20. The highest BCUT2D eigenvalue weighted by molar-refractivity contribution is 7.89. The van der Waals surface area contributed by atoms with Gasteiger partial charge in [0.25, 0.3) is 0 Å². The fourth-order valence-electron chi connectivity index (χ4n) is 1.67. The SMILES string of the molecule is Cc1cnc(CNS(=O)(=O)c2cc(N)cc(F)c2C)s1. The van der Waals surface area contributed by atoms with Crippen molar-refractivity contribution in [3.63, 3.8) is 0 Å². The maximum atomic E-state index is 13.6. The maximum Gasteiger partial charge on any atom is 0.241 e. The molecule has 1 aromatic heterocycles. The van der Waals surface area contributed by atoms with Gasteiger partial charge in [-0.2, -0.15) is 0 Å². The standard InChI is InChI=1S/C12H14FN3O2S2/c1-7-5-15-12(19-7)6-16-20(17,18)11-4-9(14)3-10(13)8(11)2/h3-5,16H,6,14H2,1-2H3. The third-order valence-electron chi connectivity index (χ3n) is 2.69. The molecule has 0 bridgehead atoms. The second-order valence-electron chi connectivity index (χ2n) is 4.32. The molecule has 0 aliphatic carbocycles. The molecule has 0 aliphatic rings. The number of rotatable bonds is 4. The first kappa shape index (κ1) is 14.9. The van der Waals surface area contributed by atoms with Crippen molar-refractivity contribution in [3.05, 3.63) is 39.6 Å². The summed E-state index contributed by atoms with van der Waals surface area (Å²) in [6, 6.07) is 2.34. The number of sulfonamides is 1. The van der Waals surface area contributed by atoms with Gasteiger partial charge in [-0.3, -0.25) is 0 Å². The minimum Gasteiger partial charge on any atom is -0.399 e. The summed E-state index contributed by atoms with van der Waals surface area (Å²) in [6.45, 7) is 3.35. The van der Waals surface area contributed by atoms with Crippen molar-refractivity contribution in [2.45, 2.75) is 25.3 Å². The number of anilines is 1. The molecule has 108 valence electrons. The Morgan fingerprint density at radius 3 is 2.70 bits per heavy atom. The zero-order valence-corrected chi connectivity index (χ0v) is 12.6. The van der Waals surface area contributed by atoms with Gasteiger partial charge in [-0.05, 0) is 26.0 Å². The fraction of sp³-hybridized carbons (Fsp3) is 0.250. The molecule has 0 fully saturated rings. The van der Waals surface area contributed by atoms with Crippen LogP contribution in [0, 0.1) is 19.7 Å². The lowest BCUT2D eigenvalue weighted by molar-refractivity contribution is 0.574. The lowest BCUT2D eigenvalue weighted by atomic mass is 10.2. The summed E-state index contributed by atoms with van der Waals surface area (Å²) in [5, 5.41) is 0.646. The summed E-state index contributed by atoms with van der Waals surface area (Å²) in [5.74, 6) is -0.643. The molecule has 0 spiro atoms. The Morgan fingerprint density at radius 1 is 1.40 bits per heavy atom. The summed E-state index contributed by atoms with van der Waals surface area (Å²) >= 11 is 1.40. The number of halogens is 1.